The van der Waals surface area contributed by atoms with Gasteiger partial charge < -0.3 is 43.6 Å². The Bertz CT molecular complexity index is 1360. The number of aromatic nitrogens is 2. The van der Waals surface area contributed by atoms with Gasteiger partial charge in [0.05, 0.1) is 36.3 Å². The quantitative estimate of drug-likeness (QED) is 0.122. The number of nitrogens with zero attached hydrogens (tertiary/aromatic N) is 7. The minimum absolute atomic E-state index is 0. The molecule has 4 rings (SSSR count). The van der Waals surface area contributed by atoms with E-state index in [1.54, 1.807) is 7.11 Å². The Hall–Kier alpha value is -3.50. The van der Waals surface area contributed by atoms with Crippen molar-refractivity contribution < 1.29 is 47.8 Å². The first-order chi connectivity index (χ1) is 19.1. The van der Waals surface area contributed by atoms with Crippen LogP contribution in [0.4, 0.5) is 28.6 Å². The third-order valence-electron chi connectivity index (χ3n) is 6.34. The van der Waals surface area contributed by atoms with E-state index < -0.39 is 0 Å². The summed E-state index contributed by atoms with van der Waals surface area (Å²) in [6.45, 7) is 1.91. The summed E-state index contributed by atoms with van der Waals surface area (Å²) in [4.78, 5) is 2.07. The molecule has 0 amide bonds. The van der Waals surface area contributed by atoms with E-state index in [0.29, 0.717) is 0 Å². The Morgan fingerprint density at radius 2 is 1.17 bits per heavy atom. The van der Waals surface area contributed by atoms with Gasteiger partial charge in [0.1, 0.15) is 18.0 Å². The third-order valence-corrected chi connectivity index (χ3v) is 6.34. The molecule has 0 saturated heterocycles. The fourth-order valence-corrected chi connectivity index (χ4v) is 4.03. The third kappa shape index (κ3) is 11.1. The Morgan fingerprint density at radius 1 is 0.610 bits per heavy atom. The summed E-state index contributed by atoms with van der Waals surface area (Å²) in [5.74, 6) is 1.68. The summed E-state index contributed by atoms with van der Waals surface area (Å²) in [5.41, 5.74) is 3.62. The molecule has 0 aliphatic carbocycles. The molecule has 8 nitrogen and oxygen atoms in total. The van der Waals surface area contributed by atoms with Gasteiger partial charge in [-0.05, 0) is 79.0 Å². The Morgan fingerprint density at radius 3 is 1.78 bits per heavy atom. The van der Waals surface area contributed by atoms with Gasteiger partial charge >= 0.3 is 5.82 Å². The minimum Gasteiger partial charge on any atom is -1.00 e. The largest absolute Gasteiger partial charge is 1.00 e. The van der Waals surface area contributed by atoms with Gasteiger partial charge in [0.25, 0.3) is 0 Å². The van der Waals surface area contributed by atoms with Crippen molar-refractivity contribution >= 4 is 28.6 Å². The summed E-state index contributed by atoms with van der Waals surface area (Å²) >= 11 is 0. The summed E-state index contributed by atoms with van der Waals surface area (Å²) in [6.07, 6.45) is 10.8. The molecule has 0 bridgehead atoms. The lowest BCUT2D eigenvalue weighted by Crippen LogP contribution is -3.00. The van der Waals surface area contributed by atoms with Crippen molar-refractivity contribution in [3.8, 4) is 5.75 Å². The first-order valence-electron chi connectivity index (χ1n) is 13.3. The standard InChI is InChI=1S/C31H37N7O.2BrH/c1-36(2)29-15-11-26(12-16-29)34-35-31-10-6-9-23-38(31)22-8-5-4-7-21-37-24-19-28(20-25-37)33-32-27-13-17-30(39-3)18-14-27;;/h6,9-20,23-25H,4-5,7-8,21-22H2,1-3H3;2*1H/q+2;;/p-2. The van der Waals surface area contributed by atoms with Gasteiger partial charge in [-0.3, -0.25) is 0 Å². The second-order valence-corrected chi connectivity index (χ2v) is 9.47. The van der Waals surface area contributed by atoms with Crippen LogP contribution in [0.25, 0.3) is 0 Å². The van der Waals surface area contributed by atoms with E-state index in [9.17, 15) is 0 Å². The normalized spacial score (nSPS) is 10.8. The first-order valence-corrected chi connectivity index (χ1v) is 13.3. The van der Waals surface area contributed by atoms with Crippen molar-refractivity contribution in [2.75, 3.05) is 26.1 Å². The van der Waals surface area contributed by atoms with Crippen molar-refractivity contribution in [2.45, 2.75) is 38.8 Å². The molecule has 0 atom stereocenters. The lowest BCUT2D eigenvalue weighted by atomic mass is 10.2. The van der Waals surface area contributed by atoms with Crippen molar-refractivity contribution in [3.63, 3.8) is 0 Å². The van der Waals surface area contributed by atoms with Gasteiger partial charge in [0.2, 0.25) is 0 Å². The van der Waals surface area contributed by atoms with Gasteiger partial charge in [-0.25, -0.2) is 9.13 Å². The molecule has 0 unspecified atom stereocenters. The summed E-state index contributed by atoms with van der Waals surface area (Å²) in [5, 5.41) is 17.5. The van der Waals surface area contributed by atoms with Crippen LogP contribution in [0, 0.1) is 0 Å². The van der Waals surface area contributed by atoms with Crippen LogP contribution in [-0.2, 0) is 13.1 Å². The van der Waals surface area contributed by atoms with E-state index in [2.05, 4.69) is 65.2 Å². The maximum absolute atomic E-state index is 5.17. The van der Waals surface area contributed by atoms with E-state index in [0.717, 1.165) is 60.2 Å². The van der Waals surface area contributed by atoms with Crippen LogP contribution >= 0.6 is 0 Å². The van der Waals surface area contributed by atoms with Crippen molar-refractivity contribution in [1.29, 1.82) is 0 Å². The predicted octanol–water partition coefficient (Wildman–Crippen LogP) is 1.44. The number of benzene rings is 2. The smallest absolute Gasteiger partial charge is 0.350 e. The van der Waals surface area contributed by atoms with Crippen LogP contribution in [0.1, 0.15) is 25.7 Å². The molecule has 0 spiro atoms. The second-order valence-electron chi connectivity index (χ2n) is 9.47. The molecule has 0 saturated carbocycles. The van der Waals surface area contributed by atoms with Crippen LogP contribution in [-0.4, -0.2) is 21.2 Å². The topological polar surface area (TPSA) is 69.7 Å². The molecule has 216 valence electrons. The number of hydrogen-bond donors (Lipinski definition) is 0. The fraction of sp³-hybridized carbons (Fsp3) is 0.290. The zero-order chi connectivity index (χ0) is 27.3. The lowest BCUT2D eigenvalue weighted by molar-refractivity contribution is -0.697. The van der Waals surface area contributed by atoms with Crippen LogP contribution in [0.15, 0.2) is 118 Å². The van der Waals surface area contributed by atoms with Crippen molar-refractivity contribution in [2.24, 2.45) is 20.5 Å². The Kier molecular flexibility index (Phi) is 14.8. The zero-order valence-electron chi connectivity index (χ0n) is 23.8. The van der Waals surface area contributed by atoms with Crippen LogP contribution in [0.3, 0.4) is 0 Å². The molecule has 2 heterocycles. The first kappa shape index (κ1) is 33.7. The average Bonchev–Trinajstić information content (AvgIpc) is 2.98. The highest BCUT2D eigenvalue weighted by Gasteiger charge is 2.09. The van der Waals surface area contributed by atoms with Crippen LogP contribution in [0.5, 0.6) is 5.75 Å². The molecule has 41 heavy (non-hydrogen) atoms. The number of rotatable bonds is 13. The molecule has 0 radical (unpaired) electrons. The molecule has 2 aromatic carbocycles. The number of pyridine rings is 2. The van der Waals surface area contributed by atoms with Gasteiger partial charge in [-0.2, -0.15) is 10.2 Å². The molecule has 4 aromatic rings. The Labute approximate surface area is 264 Å². The maximum atomic E-state index is 5.17. The highest BCUT2D eigenvalue weighted by molar-refractivity contribution is 5.51. The van der Waals surface area contributed by atoms with Gasteiger partial charge in [0.15, 0.2) is 12.4 Å². The van der Waals surface area contributed by atoms with E-state index in [1.807, 2.05) is 80.8 Å². The monoisotopic (exact) mass is 681 g/mol. The summed E-state index contributed by atoms with van der Waals surface area (Å²) < 4.78 is 9.54. The minimum atomic E-state index is 0. The Balaban J connectivity index is 0.00000294. The molecule has 0 N–H and O–H groups in total. The number of azo groups is 2. The van der Waals surface area contributed by atoms with Crippen LogP contribution in [0.2, 0.25) is 0 Å². The predicted molar refractivity (Wildman–Crippen MR) is 154 cm³/mol. The molecule has 0 aliphatic rings. The van der Waals surface area contributed by atoms with Crippen molar-refractivity contribution in [3.05, 3.63) is 97.5 Å². The molecular weight excluding hydrogens is 646 g/mol. The number of aryl methyl sites for hydroxylation is 2. The van der Waals surface area contributed by atoms with Crippen LogP contribution < -0.4 is 52.7 Å². The number of hydrogen-bond acceptors (Lipinski definition) is 6. The highest BCUT2D eigenvalue weighted by atomic mass is 79.9. The number of ether oxygens (including phenoxy) is 1. The van der Waals surface area contributed by atoms with E-state index in [-0.39, 0.29) is 34.0 Å². The lowest BCUT2D eigenvalue weighted by Gasteiger charge is -2.11. The van der Waals surface area contributed by atoms with Gasteiger partial charge in [-0.15, -0.1) is 0 Å². The van der Waals surface area contributed by atoms with E-state index in [1.165, 1.54) is 12.8 Å². The second kappa shape index (κ2) is 18.0. The number of unbranched alkanes of at least 4 members (excludes halogenated alkanes) is 3. The molecule has 2 aromatic heterocycles. The SMILES string of the molecule is COc1ccc(N=Nc2cc[n+](CCCCCC[n+]3ccccc3N=Nc3ccc(N(C)C)cc3)cc2)cc1.[Br-].[Br-]. The number of anilines is 1. The molecular formula is C31H37Br2N7O. The van der Waals surface area contributed by atoms with Gasteiger partial charge in [0, 0.05) is 44.4 Å². The summed E-state index contributed by atoms with van der Waals surface area (Å²) in [7, 11) is 5.70. The van der Waals surface area contributed by atoms with E-state index >= 15 is 0 Å². The average molecular weight is 683 g/mol. The highest BCUT2D eigenvalue weighted by Crippen LogP contribution is 2.21. The molecule has 10 heteroatoms. The van der Waals surface area contributed by atoms with Crippen molar-refractivity contribution in [1.82, 2.24) is 0 Å². The maximum Gasteiger partial charge on any atom is 0.350 e. The van der Waals surface area contributed by atoms with Gasteiger partial charge in [-0.1, -0.05) is 6.07 Å². The summed E-state index contributed by atoms with van der Waals surface area (Å²) in [6, 6.07) is 25.7. The molecule has 0 aliphatic heterocycles. The fourth-order valence-electron chi connectivity index (χ4n) is 4.03. The zero-order valence-corrected chi connectivity index (χ0v) is 26.9. The number of methoxy groups -OCH3 is 1. The molecule has 0 fully saturated rings. The number of halogens is 2. The van der Waals surface area contributed by atoms with E-state index in [4.69, 9.17) is 4.74 Å².